The molecule has 5 N–H and O–H groups in total. The van der Waals surface area contributed by atoms with Crippen molar-refractivity contribution >= 4 is 35.0 Å². The van der Waals surface area contributed by atoms with E-state index in [0.29, 0.717) is 23.5 Å². The minimum Gasteiger partial charge on any atom is -0.343 e. The van der Waals surface area contributed by atoms with E-state index in [1.165, 1.54) is 11.8 Å². The molecule has 1 unspecified atom stereocenters. The van der Waals surface area contributed by atoms with Crippen molar-refractivity contribution in [1.82, 2.24) is 15.6 Å². The molecule has 0 saturated heterocycles. The Hall–Kier alpha value is -3.79. The highest BCUT2D eigenvalue weighted by molar-refractivity contribution is 6.07. The molecule has 37 heavy (non-hydrogen) atoms. The topological polar surface area (TPSA) is 147 Å². The lowest BCUT2D eigenvalue weighted by Crippen LogP contribution is -2.59. The number of aromatic nitrogens is 1. The Morgan fingerprint density at radius 3 is 2.49 bits per heavy atom. The van der Waals surface area contributed by atoms with Crippen LogP contribution in [0.4, 0.5) is 11.4 Å². The van der Waals surface area contributed by atoms with Crippen LogP contribution in [0.3, 0.4) is 0 Å². The Morgan fingerprint density at radius 2 is 1.89 bits per heavy atom. The number of pyridine rings is 1. The molecule has 1 aliphatic rings. The summed E-state index contributed by atoms with van der Waals surface area (Å²) in [5.74, 6) is -1.39. The number of fused-ring (bicyclic) bond motifs is 1. The number of benzene rings is 1. The van der Waals surface area contributed by atoms with Gasteiger partial charge in [0.25, 0.3) is 0 Å². The predicted octanol–water partition coefficient (Wildman–Crippen LogP) is 1.88. The molecule has 1 aromatic carbocycles. The molecular weight excluding hydrogens is 472 g/mol. The molecule has 10 nitrogen and oxygen atoms in total. The average Bonchev–Trinajstić information content (AvgIpc) is 2.80. The number of anilines is 2. The van der Waals surface area contributed by atoms with Crippen LogP contribution in [-0.4, -0.2) is 46.2 Å². The van der Waals surface area contributed by atoms with Crippen molar-refractivity contribution < 1.29 is 19.2 Å². The second-order valence-corrected chi connectivity index (χ2v) is 10.4. The van der Waals surface area contributed by atoms with Crippen molar-refractivity contribution in [3.8, 4) is 0 Å². The van der Waals surface area contributed by atoms with Gasteiger partial charge in [0, 0.05) is 19.5 Å². The van der Waals surface area contributed by atoms with E-state index < -0.39 is 29.4 Å². The molecule has 1 aromatic heterocycles. The third-order valence-corrected chi connectivity index (χ3v) is 5.97. The summed E-state index contributed by atoms with van der Waals surface area (Å²) in [6.07, 6.45) is 2.26. The molecule has 2 heterocycles. The van der Waals surface area contributed by atoms with Crippen LogP contribution in [0.25, 0.3) is 0 Å². The number of hydrogen-bond donors (Lipinski definition) is 4. The van der Waals surface area contributed by atoms with Gasteiger partial charge in [0.1, 0.15) is 12.1 Å². The fraction of sp³-hybridized carbons (Fsp3) is 0.444. The summed E-state index contributed by atoms with van der Waals surface area (Å²) in [6, 6.07) is 9.10. The molecule has 1 aliphatic heterocycles. The number of hydrogen-bond acceptors (Lipinski definition) is 6. The number of amides is 4. The Kier molecular flexibility index (Phi) is 8.65. The zero-order chi connectivity index (χ0) is 27.3. The monoisotopic (exact) mass is 508 g/mol. The van der Waals surface area contributed by atoms with Crippen LogP contribution >= 0.6 is 0 Å². The first-order chi connectivity index (χ1) is 17.4. The molecule has 0 fully saturated rings. The van der Waals surface area contributed by atoms with Gasteiger partial charge in [0.15, 0.2) is 0 Å². The highest BCUT2D eigenvalue weighted by Gasteiger charge is 2.37. The third kappa shape index (κ3) is 7.13. The van der Waals surface area contributed by atoms with E-state index >= 15 is 0 Å². The fourth-order valence-corrected chi connectivity index (χ4v) is 4.21. The highest BCUT2D eigenvalue weighted by Crippen LogP contribution is 2.36. The van der Waals surface area contributed by atoms with Crippen molar-refractivity contribution in [2.75, 3.05) is 10.2 Å². The Balaban J connectivity index is 1.93. The maximum absolute atomic E-state index is 13.8. The van der Waals surface area contributed by atoms with Crippen molar-refractivity contribution in [3.05, 3.63) is 53.9 Å². The lowest BCUT2D eigenvalue weighted by Gasteiger charge is -2.36. The zero-order valence-electron chi connectivity index (χ0n) is 22.0. The lowest BCUT2D eigenvalue weighted by atomic mass is 9.94. The van der Waals surface area contributed by atoms with Gasteiger partial charge < -0.3 is 26.6 Å². The second kappa shape index (κ2) is 11.5. The van der Waals surface area contributed by atoms with Crippen molar-refractivity contribution in [3.63, 3.8) is 0 Å². The SMILES string of the molecule is CC(=O)Nc1cccc2c1N(Cc1ccccn1)C(=O)C(NC(=O)[C@@H](CC(C)C)NC(=O)C(C)(C)N)C2. The summed E-state index contributed by atoms with van der Waals surface area (Å²) >= 11 is 0. The van der Waals surface area contributed by atoms with Gasteiger partial charge in [-0.25, -0.2) is 0 Å². The summed E-state index contributed by atoms with van der Waals surface area (Å²) in [7, 11) is 0. The molecule has 0 bridgehead atoms. The van der Waals surface area contributed by atoms with Gasteiger partial charge in [-0.1, -0.05) is 32.0 Å². The summed E-state index contributed by atoms with van der Waals surface area (Å²) < 4.78 is 0. The standard InChI is InChI=1S/C27H36N6O4/c1-16(2)13-21(32-26(37)27(4,5)28)24(35)31-22-14-18-9-8-11-20(30-17(3)34)23(18)33(25(22)36)15-19-10-6-7-12-29-19/h6-12,16,21-22H,13-15,28H2,1-5H3,(H,30,34)(H,31,35)(H,32,37)/t21-,22?/m1/s1. The molecular formula is C27H36N6O4. The minimum atomic E-state index is -1.16. The molecule has 0 spiro atoms. The molecule has 0 aliphatic carbocycles. The molecule has 4 amide bonds. The second-order valence-electron chi connectivity index (χ2n) is 10.4. The number of rotatable bonds is 9. The van der Waals surface area contributed by atoms with Crippen LogP contribution < -0.4 is 26.6 Å². The first-order valence-corrected chi connectivity index (χ1v) is 12.4. The van der Waals surface area contributed by atoms with Crippen LogP contribution in [0.5, 0.6) is 0 Å². The van der Waals surface area contributed by atoms with Gasteiger partial charge in [-0.2, -0.15) is 0 Å². The van der Waals surface area contributed by atoms with E-state index in [1.807, 2.05) is 26.0 Å². The van der Waals surface area contributed by atoms with E-state index in [4.69, 9.17) is 5.73 Å². The molecule has 0 radical (unpaired) electrons. The Labute approximate surface area is 217 Å². The van der Waals surface area contributed by atoms with Crippen LogP contribution in [0, 0.1) is 5.92 Å². The number of carbonyl (C=O) groups excluding carboxylic acids is 4. The molecule has 0 saturated carbocycles. The quantitative estimate of drug-likeness (QED) is 0.407. The molecule has 2 aromatic rings. The van der Waals surface area contributed by atoms with Crippen LogP contribution in [0.1, 0.15) is 52.3 Å². The van der Waals surface area contributed by atoms with E-state index in [2.05, 4.69) is 20.9 Å². The van der Waals surface area contributed by atoms with E-state index in [-0.39, 0.29) is 30.7 Å². The maximum Gasteiger partial charge on any atom is 0.250 e. The number of nitrogens with one attached hydrogen (secondary N) is 3. The van der Waals surface area contributed by atoms with Gasteiger partial charge in [-0.05, 0) is 49.9 Å². The number of para-hydroxylation sites is 1. The highest BCUT2D eigenvalue weighted by atomic mass is 16.2. The Bertz CT molecular complexity index is 1160. The van der Waals surface area contributed by atoms with Gasteiger partial charge in [-0.3, -0.25) is 24.2 Å². The van der Waals surface area contributed by atoms with Gasteiger partial charge in [0.2, 0.25) is 23.6 Å². The van der Waals surface area contributed by atoms with Crippen LogP contribution in [-0.2, 0) is 32.1 Å². The number of nitrogens with two attached hydrogens (primary N) is 1. The first-order valence-electron chi connectivity index (χ1n) is 12.4. The van der Waals surface area contributed by atoms with Gasteiger partial charge >= 0.3 is 0 Å². The maximum atomic E-state index is 13.8. The smallest absolute Gasteiger partial charge is 0.250 e. The van der Waals surface area contributed by atoms with Crippen molar-refractivity contribution in [1.29, 1.82) is 0 Å². The van der Waals surface area contributed by atoms with Gasteiger partial charge in [0.05, 0.1) is 29.2 Å². The zero-order valence-corrected chi connectivity index (χ0v) is 22.0. The predicted molar refractivity (Wildman–Crippen MR) is 141 cm³/mol. The molecule has 198 valence electrons. The third-order valence-electron chi connectivity index (χ3n) is 5.97. The minimum absolute atomic E-state index is 0.112. The normalized spacial score (nSPS) is 16.1. The van der Waals surface area contributed by atoms with Crippen LogP contribution in [0.15, 0.2) is 42.6 Å². The van der Waals surface area contributed by atoms with Crippen molar-refractivity contribution in [2.24, 2.45) is 11.7 Å². The average molecular weight is 509 g/mol. The van der Waals surface area contributed by atoms with E-state index in [9.17, 15) is 19.2 Å². The summed E-state index contributed by atoms with van der Waals surface area (Å²) in [5, 5.41) is 8.39. The number of nitrogens with zero attached hydrogens (tertiary/aromatic N) is 2. The lowest BCUT2D eigenvalue weighted by molar-refractivity contribution is -0.133. The molecule has 3 rings (SSSR count). The van der Waals surface area contributed by atoms with Crippen LogP contribution in [0.2, 0.25) is 0 Å². The molecule has 10 heteroatoms. The Morgan fingerprint density at radius 1 is 1.16 bits per heavy atom. The fourth-order valence-electron chi connectivity index (χ4n) is 4.21. The molecule has 2 atom stereocenters. The van der Waals surface area contributed by atoms with E-state index in [1.54, 1.807) is 44.3 Å². The number of carbonyl (C=O) groups is 4. The summed E-state index contributed by atoms with van der Waals surface area (Å²) in [5.41, 5.74) is 7.29. The van der Waals surface area contributed by atoms with E-state index in [0.717, 1.165) is 5.56 Å². The largest absolute Gasteiger partial charge is 0.343 e. The summed E-state index contributed by atoms with van der Waals surface area (Å²) in [6.45, 7) is 8.58. The first kappa shape index (κ1) is 27.8. The van der Waals surface area contributed by atoms with Gasteiger partial charge in [-0.15, -0.1) is 0 Å². The summed E-state index contributed by atoms with van der Waals surface area (Å²) in [4.78, 5) is 57.4. The van der Waals surface area contributed by atoms with Crippen molar-refractivity contribution in [2.45, 2.75) is 71.6 Å².